The molecule has 22 heavy (non-hydrogen) atoms. The molecule has 0 aliphatic rings. The van der Waals surface area contributed by atoms with Crippen molar-refractivity contribution in [2.75, 3.05) is 0 Å². The Bertz CT molecular complexity index is 836. The van der Waals surface area contributed by atoms with E-state index in [1.165, 1.54) is 11.1 Å². The van der Waals surface area contributed by atoms with Gasteiger partial charge in [0, 0.05) is 23.5 Å². The molecule has 4 nitrogen and oxygen atoms in total. The zero-order chi connectivity index (χ0) is 15.7. The third kappa shape index (κ3) is 2.61. The van der Waals surface area contributed by atoms with E-state index in [0.717, 1.165) is 22.0 Å². The highest BCUT2D eigenvalue weighted by Gasteiger charge is 2.15. The van der Waals surface area contributed by atoms with Crippen LogP contribution in [0.25, 0.3) is 22.0 Å². The quantitative estimate of drug-likeness (QED) is 0.691. The van der Waals surface area contributed by atoms with Crippen LogP contribution in [0.15, 0.2) is 48.7 Å². The Morgan fingerprint density at radius 3 is 2.77 bits per heavy atom. The van der Waals surface area contributed by atoms with Crippen molar-refractivity contribution in [1.29, 1.82) is 0 Å². The summed E-state index contributed by atoms with van der Waals surface area (Å²) in [6.45, 7) is 2.09. The molecule has 1 atom stereocenters. The molecule has 4 heteroatoms. The molecule has 0 bridgehead atoms. The normalized spacial score (nSPS) is 12.5. The number of nitrogens with one attached hydrogen (secondary N) is 1. The van der Waals surface area contributed by atoms with Gasteiger partial charge in [-0.25, -0.2) is 0 Å². The molecule has 0 amide bonds. The van der Waals surface area contributed by atoms with Crippen LogP contribution in [0.5, 0.6) is 0 Å². The molecular formula is C18H18N2O2. The molecule has 3 rings (SSSR count). The first-order valence-corrected chi connectivity index (χ1v) is 7.20. The van der Waals surface area contributed by atoms with Crippen LogP contribution in [-0.4, -0.2) is 22.1 Å². The minimum Gasteiger partial charge on any atom is -0.480 e. The van der Waals surface area contributed by atoms with Gasteiger partial charge in [-0.1, -0.05) is 36.4 Å². The monoisotopic (exact) mass is 294 g/mol. The van der Waals surface area contributed by atoms with Crippen LogP contribution in [0.3, 0.4) is 0 Å². The van der Waals surface area contributed by atoms with Crippen molar-refractivity contribution in [3.05, 3.63) is 59.8 Å². The van der Waals surface area contributed by atoms with E-state index in [-0.39, 0.29) is 0 Å². The Hall–Kier alpha value is -2.59. The molecule has 0 aliphatic heterocycles. The average Bonchev–Trinajstić information content (AvgIpc) is 2.90. The van der Waals surface area contributed by atoms with Gasteiger partial charge in [0.1, 0.15) is 6.04 Å². The molecule has 0 fully saturated rings. The number of benzene rings is 2. The number of nitrogens with two attached hydrogens (primary N) is 1. The van der Waals surface area contributed by atoms with E-state index in [1.807, 2.05) is 24.4 Å². The van der Waals surface area contributed by atoms with Crippen LogP contribution in [0.4, 0.5) is 0 Å². The smallest absolute Gasteiger partial charge is 0.320 e. The van der Waals surface area contributed by atoms with Crippen molar-refractivity contribution < 1.29 is 9.90 Å². The van der Waals surface area contributed by atoms with E-state index in [4.69, 9.17) is 10.8 Å². The molecule has 3 aromatic rings. The van der Waals surface area contributed by atoms with Gasteiger partial charge in [-0.15, -0.1) is 0 Å². The number of rotatable bonds is 4. The van der Waals surface area contributed by atoms with Gasteiger partial charge in [-0.3, -0.25) is 4.79 Å². The van der Waals surface area contributed by atoms with Gasteiger partial charge >= 0.3 is 5.97 Å². The number of fused-ring (bicyclic) bond motifs is 1. The molecule has 0 aliphatic carbocycles. The lowest BCUT2D eigenvalue weighted by molar-refractivity contribution is -0.138. The summed E-state index contributed by atoms with van der Waals surface area (Å²) in [5.41, 5.74) is 11.1. The number of aromatic nitrogens is 1. The number of carboxylic acid groups (broad SMARTS) is 1. The molecule has 0 unspecified atom stereocenters. The van der Waals surface area contributed by atoms with Gasteiger partial charge < -0.3 is 15.8 Å². The van der Waals surface area contributed by atoms with Crippen LogP contribution in [0.2, 0.25) is 0 Å². The van der Waals surface area contributed by atoms with Crippen LogP contribution >= 0.6 is 0 Å². The van der Waals surface area contributed by atoms with Crippen LogP contribution in [0.1, 0.15) is 11.1 Å². The number of H-pyrrole nitrogens is 1. The number of carboxylic acids is 1. The predicted molar refractivity (Wildman–Crippen MR) is 87.8 cm³/mol. The predicted octanol–water partition coefficient (Wildman–Crippen LogP) is 3.10. The highest BCUT2D eigenvalue weighted by Crippen LogP contribution is 2.28. The van der Waals surface area contributed by atoms with E-state index >= 15 is 0 Å². The summed E-state index contributed by atoms with van der Waals surface area (Å²) >= 11 is 0. The zero-order valence-electron chi connectivity index (χ0n) is 12.3. The van der Waals surface area contributed by atoms with Gasteiger partial charge in [0.15, 0.2) is 0 Å². The minimum atomic E-state index is -0.981. The first-order chi connectivity index (χ1) is 10.6. The van der Waals surface area contributed by atoms with E-state index < -0.39 is 12.0 Å². The minimum absolute atomic E-state index is 0.318. The number of carbonyl (C=O) groups is 1. The summed E-state index contributed by atoms with van der Waals surface area (Å²) in [4.78, 5) is 14.1. The van der Waals surface area contributed by atoms with E-state index in [0.29, 0.717) is 6.42 Å². The second-order valence-electron chi connectivity index (χ2n) is 5.54. The number of aryl methyl sites for hydroxylation is 1. The lowest BCUT2D eigenvalue weighted by Gasteiger charge is -2.07. The Morgan fingerprint density at radius 2 is 2.05 bits per heavy atom. The van der Waals surface area contributed by atoms with Gasteiger partial charge in [0.25, 0.3) is 0 Å². The Morgan fingerprint density at radius 1 is 1.27 bits per heavy atom. The second kappa shape index (κ2) is 5.66. The molecule has 0 saturated carbocycles. The molecule has 112 valence electrons. The molecule has 0 saturated heterocycles. The fourth-order valence-corrected chi connectivity index (χ4v) is 2.74. The maximum absolute atomic E-state index is 10.9. The summed E-state index contributed by atoms with van der Waals surface area (Å²) in [6, 6.07) is 13.5. The van der Waals surface area contributed by atoms with Gasteiger partial charge in [0.2, 0.25) is 0 Å². The second-order valence-corrected chi connectivity index (χ2v) is 5.54. The topological polar surface area (TPSA) is 79.1 Å². The molecule has 0 spiro atoms. The first kappa shape index (κ1) is 14.4. The van der Waals surface area contributed by atoms with Crippen molar-refractivity contribution in [3.63, 3.8) is 0 Å². The average molecular weight is 294 g/mol. The van der Waals surface area contributed by atoms with E-state index in [9.17, 15) is 4.79 Å². The van der Waals surface area contributed by atoms with Crippen LogP contribution < -0.4 is 5.73 Å². The molecule has 0 radical (unpaired) electrons. The summed E-state index contributed by atoms with van der Waals surface area (Å²) in [5.74, 6) is -0.981. The van der Waals surface area contributed by atoms with Gasteiger partial charge in [-0.2, -0.15) is 0 Å². The molecule has 1 heterocycles. The summed E-state index contributed by atoms with van der Waals surface area (Å²) < 4.78 is 0. The number of aliphatic carboxylic acids is 1. The summed E-state index contributed by atoms with van der Waals surface area (Å²) in [5, 5.41) is 9.96. The number of aromatic amines is 1. The third-order valence-electron chi connectivity index (χ3n) is 3.98. The first-order valence-electron chi connectivity index (χ1n) is 7.20. The fraction of sp³-hybridized carbons (Fsp3) is 0.167. The zero-order valence-corrected chi connectivity index (χ0v) is 12.3. The van der Waals surface area contributed by atoms with Gasteiger partial charge in [0.05, 0.1) is 0 Å². The highest BCUT2D eigenvalue weighted by atomic mass is 16.4. The largest absolute Gasteiger partial charge is 0.480 e. The summed E-state index contributed by atoms with van der Waals surface area (Å²) in [7, 11) is 0. The summed E-state index contributed by atoms with van der Waals surface area (Å²) in [6.07, 6.45) is 2.16. The van der Waals surface area contributed by atoms with E-state index in [1.54, 1.807) is 0 Å². The lowest BCUT2D eigenvalue weighted by atomic mass is 9.98. The highest BCUT2D eigenvalue weighted by molar-refractivity contribution is 5.88. The van der Waals surface area contributed by atoms with Crippen LogP contribution in [0, 0.1) is 6.92 Å². The standard InChI is InChI=1S/C18H18N2O2/c1-11-4-2-3-5-14(11)12-6-7-15-13(8-16(19)18(21)22)10-20-17(15)9-12/h2-7,9-10,16,20H,8,19H2,1H3,(H,21,22)/t16-/m0/s1. The molecule has 2 aromatic carbocycles. The van der Waals surface area contributed by atoms with Crippen molar-refractivity contribution in [2.45, 2.75) is 19.4 Å². The Kier molecular flexibility index (Phi) is 3.69. The van der Waals surface area contributed by atoms with Crippen molar-refractivity contribution in [3.8, 4) is 11.1 Å². The number of hydrogen-bond acceptors (Lipinski definition) is 2. The fourth-order valence-electron chi connectivity index (χ4n) is 2.74. The van der Waals surface area contributed by atoms with Gasteiger partial charge in [-0.05, 0) is 35.2 Å². The van der Waals surface area contributed by atoms with Crippen molar-refractivity contribution >= 4 is 16.9 Å². The van der Waals surface area contributed by atoms with Crippen LogP contribution in [-0.2, 0) is 11.2 Å². The molecular weight excluding hydrogens is 276 g/mol. The van der Waals surface area contributed by atoms with Crippen molar-refractivity contribution in [1.82, 2.24) is 4.98 Å². The SMILES string of the molecule is Cc1ccccc1-c1ccc2c(C[C@H](N)C(=O)O)c[nH]c2c1. The number of hydrogen-bond donors (Lipinski definition) is 3. The third-order valence-corrected chi connectivity index (χ3v) is 3.98. The Labute approximate surface area is 128 Å². The maximum Gasteiger partial charge on any atom is 0.320 e. The molecule has 1 aromatic heterocycles. The lowest BCUT2D eigenvalue weighted by Crippen LogP contribution is -2.32. The van der Waals surface area contributed by atoms with E-state index in [2.05, 4.69) is 36.2 Å². The molecule has 4 N–H and O–H groups in total. The maximum atomic E-state index is 10.9. The van der Waals surface area contributed by atoms with Crippen molar-refractivity contribution in [2.24, 2.45) is 5.73 Å². The Balaban J connectivity index is 1.99.